The SMILES string of the molecule is OC(CSc1ncccc1Br)C(F)(F)F. The van der Waals surface area contributed by atoms with Gasteiger partial charge in [-0.3, -0.25) is 0 Å². The van der Waals surface area contributed by atoms with Crippen molar-refractivity contribution in [2.24, 2.45) is 0 Å². The molecule has 2 nitrogen and oxygen atoms in total. The Kier molecular flexibility index (Phi) is 4.42. The van der Waals surface area contributed by atoms with Crippen molar-refractivity contribution in [2.45, 2.75) is 17.3 Å². The summed E-state index contributed by atoms with van der Waals surface area (Å²) < 4.78 is 36.5. The van der Waals surface area contributed by atoms with Crippen molar-refractivity contribution < 1.29 is 18.3 Å². The van der Waals surface area contributed by atoms with Gasteiger partial charge in [-0.05, 0) is 28.1 Å². The highest BCUT2D eigenvalue weighted by Gasteiger charge is 2.38. The first-order chi connectivity index (χ1) is 6.91. The predicted octanol–water partition coefficient (Wildman–Crippen LogP) is 2.86. The maximum absolute atomic E-state index is 12.0. The van der Waals surface area contributed by atoms with Crippen LogP contribution in [0.15, 0.2) is 27.8 Å². The van der Waals surface area contributed by atoms with E-state index in [1.165, 1.54) is 6.20 Å². The van der Waals surface area contributed by atoms with Crippen molar-refractivity contribution in [3.8, 4) is 0 Å². The topological polar surface area (TPSA) is 33.1 Å². The molecule has 0 bridgehead atoms. The van der Waals surface area contributed by atoms with E-state index in [0.717, 1.165) is 11.8 Å². The van der Waals surface area contributed by atoms with Crippen LogP contribution in [0, 0.1) is 0 Å². The molecule has 0 spiro atoms. The largest absolute Gasteiger partial charge is 0.415 e. The van der Waals surface area contributed by atoms with E-state index in [-0.39, 0.29) is 0 Å². The van der Waals surface area contributed by atoms with Gasteiger partial charge in [-0.1, -0.05) is 0 Å². The number of aliphatic hydroxyl groups excluding tert-OH is 1. The lowest BCUT2D eigenvalue weighted by Crippen LogP contribution is -2.30. The molecular formula is C8H7BrF3NOS. The monoisotopic (exact) mass is 301 g/mol. The summed E-state index contributed by atoms with van der Waals surface area (Å²) in [4.78, 5) is 3.87. The normalized spacial score (nSPS) is 13.9. The lowest BCUT2D eigenvalue weighted by molar-refractivity contribution is -0.195. The molecule has 15 heavy (non-hydrogen) atoms. The van der Waals surface area contributed by atoms with Gasteiger partial charge in [0.25, 0.3) is 0 Å². The summed E-state index contributed by atoms with van der Waals surface area (Å²) in [6.45, 7) is 0. The van der Waals surface area contributed by atoms with E-state index in [4.69, 9.17) is 5.11 Å². The zero-order valence-electron chi connectivity index (χ0n) is 7.33. The Hall–Kier alpha value is -0.270. The molecule has 0 aromatic carbocycles. The highest BCUT2D eigenvalue weighted by Crippen LogP contribution is 2.29. The van der Waals surface area contributed by atoms with E-state index >= 15 is 0 Å². The molecular weight excluding hydrogens is 295 g/mol. The Morgan fingerprint density at radius 3 is 2.73 bits per heavy atom. The number of thioether (sulfide) groups is 1. The van der Waals surface area contributed by atoms with Crippen LogP contribution in [0.2, 0.25) is 0 Å². The van der Waals surface area contributed by atoms with Gasteiger partial charge in [0.2, 0.25) is 0 Å². The minimum Gasteiger partial charge on any atom is -0.383 e. The molecule has 1 aromatic heterocycles. The summed E-state index contributed by atoms with van der Waals surface area (Å²) in [5.74, 6) is -0.459. The molecule has 7 heteroatoms. The van der Waals surface area contributed by atoms with Crippen LogP contribution in [0.4, 0.5) is 13.2 Å². The van der Waals surface area contributed by atoms with Crippen molar-refractivity contribution in [1.29, 1.82) is 0 Å². The predicted molar refractivity (Wildman–Crippen MR) is 54.7 cm³/mol. The zero-order chi connectivity index (χ0) is 11.5. The number of halogens is 4. The number of aromatic nitrogens is 1. The van der Waals surface area contributed by atoms with Crippen LogP contribution in [0.1, 0.15) is 0 Å². The Morgan fingerprint density at radius 1 is 1.53 bits per heavy atom. The van der Waals surface area contributed by atoms with Crippen molar-refractivity contribution in [1.82, 2.24) is 4.98 Å². The highest BCUT2D eigenvalue weighted by atomic mass is 79.9. The van der Waals surface area contributed by atoms with Gasteiger partial charge >= 0.3 is 6.18 Å². The molecule has 1 atom stereocenters. The van der Waals surface area contributed by atoms with Crippen LogP contribution < -0.4 is 0 Å². The first-order valence-corrected chi connectivity index (χ1v) is 5.67. The Labute approximate surface area is 97.0 Å². The van der Waals surface area contributed by atoms with Gasteiger partial charge in [-0.2, -0.15) is 13.2 Å². The molecule has 0 saturated heterocycles. The second-order valence-electron chi connectivity index (χ2n) is 2.66. The van der Waals surface area contributed by atoms with Crippen molar-refractivity contribution in [3.63, 3.8) is 0 Å². The molecule has 1 rings (SSSR count). The third-order valence-electron chi connectivity index (χ3n) is 1.48. The molecule has 1 unspecified atom stereocenters. The summed E-state index contributed by atoms with van der Waals surface area (Å²) in [6.07, 6.45) is -5.42. The highest BCUT2D eigenvalue weighted by molar-refractivity contribution is 9.10. The first-order valence-electron chi connectivity index (χ1n) is 3.89. The fraction of sp³-hybridized carbons (Fsp3) is 0.375. The number of nitrogens with zero attached hydrogens (tertiary/aromatic N) is 1. The summed E-state index contributed by atoms with van der Waals surface area (Å²) >= 11 is 4.00. The Bertz CT molecular complexity index is 334. The Morgan fingerprint density at radius 2 is 2.20 bits per heavy atom. The summed E-state index contributed by atoms with van der Waals surface area (Å²) in [5.41, 5.74) is 0. The number of hydrogen-bond donors (Lipinski definition) is 1. The molecule has 0 amide bonds. The van der Waals surface area contributed by atoms with Crippen molar-refractivity contribution >= 4 is 27.7 Å². The number of pyridine rings is 1. The fourth-order valence-electron chi connectivity index (χ4n) is 0.730. The van der Waals surface area contributed by atoms with Gasteiger partial charge in [0.15, 0.2) is 6.10 Å². The lowest BCUT2D eigenvalue weighted by Gasteiger charge is -2.13. The molecule has 0 aliphatic carbocycles. The zero-order valence-corrected chi connectivity index (χ0v) is 9.73. The molecule has 1 heterocycles. The number of rotatable bonds is 3. The maximum atomic E-state index is 12.0. The van der Waals surface area contributed by atoms with Crippen LogP contribution in [0.25, 0.3) is 0 Å². The molecule has 1 N–H and O–H groups in total. The van der Waals surface area contributed by atoms with Gasteiger partial charge in [-0.25, -0.2) is 4.98 Å². The third-order valence-corrected chi connectivity index (χ3v) is 3.46. The summed E-state index contributed by atoms with van der Waals surface area (Å²) in [7, 11) is 0. The number of hydrogen-bond acceptors (Lipinski definition) is 3. The van der Waals surface area contributed by atoms with Gasteiger partial charge in [-0.15, -0.1) is 11.8 Å². The molecule has 0 radical (unpaired) electrons. The third kappa shape index (κ3) is 4.00. The average molecular weight is 302 g/mol. The quantitative estimate of drug-likeness (QED) is 0.872. The molecule has 0 saturated carbocycles. The average Bonchev–Trinajstić information content (AvgIpc) is 2.14. The number of alkyl halides is 3. The molecule has 0 fully saturated rings. The van der Waals surface area contributed by atoms with E-state index in [1.807, 2.05) is 0 Å². The summed E-state index contributed by atoms with van der Waals surface area (Å²) in [5, 5.41) is 9.18. The summed E-state index contributed by atoms with van der Waals surface area (Å²) in [6, 6.07) is 3.34. The van der Waals surface area contributed by atoms with Gasteiger partial charge in [0.05, 0.1) is 0 Å². The van der Waals surface area contributed by atoms with Crippen LogP contribution in [0.3, 0.4) is 0 Å². The van der Waals surface area contributed by atoms with E-state index in [1.54, 1.807) is 12.1 Å². The van der Waals surface area contributed by atoms with E-state index < -0.39 is 18.0 Å². The standard InChI is InChI=1S/C8H7BrF3NOS/c9-5-2-1-3-13-7(5)15-4-6(14)8(10,11)12/h1-3,6,14H,4H2. The van der Waals surface area contributed by atoms with Crippen LogP contribution in [-0.4, -0.2) is 28.1 Å². The smallest absolute Gasteiger partial charge is 0.383 e. The minimum absolute atomic E-state index is 0.431. The molecule has 0 aliphatic rings. The minimum atomic E-state index is -4.58. The molecule has 1 aromatic rings. The second kappa shape index (κ2) is 5.18. The van der Waals surface area contributed by atoms with Crippen LogP contribution in [-0.2, 0) is 0 Å². The molecule has 84 valence electrons. The maximum Gasteiger partial charge on any atom is 0.415 e. The van der Waals surface area contributed by atoms with E-state index in [9.17, 15) is 13.2 Å². The lowest BCUT2D eigenvalue weighted by atomic mass is 10.4. The van der Waals surface area contributed by atoms with Crippen molar-refractivity contribution in [3.05, 3.63) is 22.8 Å². The van der Waals surface area contributed by atoms with E-state index in [0.29, 0.717) is 9.50 Å². The van der Waals surface area contributed by atoms with Gasteiger partial charge < -0.3 is 5.11 Å². The first kappa shape index (κ1) is 12.8. The van der Waals surface area contributed by atoms with Gasteiger partial charge in [0.1, 0.15) is 5.03 Å². The number of aliphatic hydroxyl groups is 1. The fourth-order valence-corrected chi connectivity index (χ4v) is 2.17. The second-order valence-corrected chi connectivity index (χ2v) is 4.52. The van der Waals surface area contributed by atoms with Crippen LogP contribution >= 0.6 is 27.7 Å². The molecule has 0 aliphatic heterocycles. The van der Waals surface area contributed by atoms with Crippen LogP contribution in [0.5, 0.6) is 0 Å². The van der Waals surface area contributed by atoms with E-state index in [2.05, 4.69) is 20.9 Å². The van der Waals surface area contributed by atoms with Gasteiger partial charge in [0, 0.05) is 16.4 Å². The van der Waals surface area contributed by atoms with Crippen molar-refractivity contribution in [2.75, 3.05) is 5.75 Å². The Balaban J connectivity index is 2.55.